The number of hydrogen-bond donors (Lipinski definition) is 1. The number of furan rings is 1. The summed E-state index contributed by atoms with van der Waals surface area (Å²) in [7, 11) is 2.06. The lowest BCUT2D eigenvalue weighted by Crippen LogP contribution is -2.30. The van der Waals surface area contributed by atoms with Crippen molar-refractivity contribution in [1.29, 1.82) is 0 Å². The van der Waals surface area contributed by atoms with E-state index in [0.717, 1.165) is 28.8 Å². The Hall–Kier alpha value is -2.17. The number of hydrogen-bond acceptors (Lipinski definition) is 4. The van der Waals surface area contributed by atoms with Crippen LogP contribution in [0, 0.1) is 0 Å². The third-order valence-electron chi connectivity index (χ3n) is 3.76. The Morgan fingerprint density at radius 3 is 2.81 bits per heavy atom. The Morgan fingerprint density at radius 1 is 1.19 bits per heavy atom. The second kappa shape index (κ2) is 6.08. The molecule has 0 fully saturated rings. The summed E-state index contributed by atoms with van der Waals surface area (Å²) in [5.74, 6) is 0.934. The Morgan fingerprint density at radius 2 is 2.05 bits per heavy atom. The summed E-state index contributed by atoms with van der Waals surface area (Å²) in [6.07, 6.45) is 3.52. The topological polar surface area (TPSA) is 55.3 Å². The minimum Gasteiger partial charge on any atom is -0.468 e. The zero-order valence-corrected chi connectivity index (χ0v) is 12.1. The van der Waals surface area contributed by atoms with Crippen LogP contribution in [0.5, 0.6) is 0 Å². The van der Waals surface area contributed by atoms with Gasteiger partial charge in [-0.25, -0.2) is 0 Å². The van der Waals surface area contributed by atoms with Crippen LogP contribution in [0.15, 0.2) is 59.3 Å². The molecule has 4 nitrogen and oxygen atoms in total. The molecule has 3 rings (SSSR count). The summed E-state index contributed by atoms with van der Waals surface area (Å²) in [5, 5.41) is 1.14. The number of benzene rings is 1. The number of fused-ring (bicyclic) bond motifs is 1. The zero-order chi connectivity index (χ0) is 14.7. The summed E-state index contributed by atoms with van der Waals surface area (Å²) < 4.78 is 5.42. The molecule has 0 radical (unpaired) electrons. The molecule has 0 bridgehead atoms. The molecule has 0 saturated heterocycles. The second-order valence-electron chi connectivity index (χ2n) is 5.17. The lowest BCUT2D eigenvalue weighted by atomic mass is 10.0. The molecule has 0 aliphatic heterocycles. The molecule has 1 aromatic carbocycles. The molecular formula is C17H19N3O. The van der Waals surface area contributed by atoms with Crippen molar-refractivity contribution < 1.29 is 4.42 Å². The molecule has 1 unspecified atom stereocenters. The van der Waals surface area contributed by atoms with Gasteiger partial charge in [-0.1, -0.05) is 24.3 Å². The first-order chi connectivity index (χ1) is 10.3. The maximum absolute atomic E-state index is 6.03. The number of pyridine rings is 1. The highest BCUT2D eigenvalue weighted by Crippen LogP contribution is 2.26. The van der Waals surface area contributed by atoms with Gasteiger partial charge in [0.05, 0.1) is 18.3 Å². The van der Waals surface area contributed by atoms with Crippen molar-refractivity contribution in [1.82, 2.24) is 9.88 Å². The SMILES string of the molecule is CN(Cc1ccco1)C(CN)c1cccc2cccnc12. The van der Waals surface area contributed by atoms with Crippen molar-refractivity contribution >= 4 is 10.9 Å². The quantitative estimate of drug-likeness (QED) is 0.781. The first-order valence-electron chi connectivity index (χ1n) is 7.06. The molecule has 0 spiro atoms. The summed E-state index contributed by atoms with van der Waals surface area (Å²) in [6.45, 7) is 1.25. The average Bonchev–Trinajstić information content (AvgIpc) is 3.01. The van der Waals surface area contributed by atoms with E-state index in [1.54, 1.807) is 6.26 Å². The lowest BCUT2D eigenvalue weighted by molar-refractivity contribution is 0.224. The fraction of sp³-hybridized carbons (Fsp3) is 0.235. The van der Waals surface area contributed by atoms with Crippen molar-refractivity contribution in [2.45, 2.75) is 12.6 Å². The second-order valence-corrected chi connectivity index (χ2v) is 5.17. The third-order valence-corrected chi connectivity index (χ3v) is 3.76. The molecule has 0 amide bonds. The van der Waals surface area contributed by atoms with Crippen molar-refractivity contribution in [3.05, 3.63) is 66.2 Å². The number of likely N-dealkylation sites (N-methyl/N-ethyl adjacent to an activating group) is 1. The predicted molar refractivity (Wildman–Crippen MR) is 83.7 cm³/mol. The minimum absolute atomic E-state index is 0.105. The van der Waals surface area contributed by atoms with Crippen molar-refractivity contribution in [3.8, 4) is 0 Å². The van der Waals surface area contributed by atoms with E-state index in [2.05, 4.69) is 41.2 Å². The summed E-state index contributed by atoms with van der Waals surface area (Å²) in [4.78, 5) is 6.72. The lowest BCUT2D eigenvalue weighted by Gasteiger charge is -2.27. The van der Waals surface area contributed by atoms with Crippen molar-refractivity contribution in [2.75, 3.05) is 13.6 Å². The van der Waals surface area contributed by atoms with Gasteiger partial charge in [0.25, 0.3) is 0 Å². The molecule has 108 valence electrons. The van der Waals surface area contributed by atoms with E-state index in [4.69, 9.17) is 10.2 Å². The molecule has 0 aliphatic carbocycles. The summed E-state index contributed by atoms with van der Waals surface area (Å²) in [6, 6.07) is 14.3. The number of nitrogens with zero attached hydrogens (tertiary/aromatic N) is 2. The molecule has 2 N–H and O–H groups in total. The summed E-state index contributed by atoms with van der Waals surface area (Å²) >= 11 is 0. The van der Waals surface area contributed by atoms with Gasteiger partial charge < -0.3 is 10.2 Å². The molecule has 21 heavy (non-hydrogen) atoms. The van der Waals surface area contributed by atoms with Gasteiger partial charge in [-0.2, -0.15) is 0 Å². The van der Waals surface area contributed by atoms with Crippen LogP contribution in [0.1, 0.15) is 17.4 Å². The maximum Gasteiger partial charge on any atom is 0.117 e. The van der Waals surface area contributed by atoms with E-state index in [-0.39, 0.29) is 6.04 Å². The van der Waals surface area contributed by atoms with E-state index in [1.807, 2.05) is 24.4 Å². The standard InChI is InChI=1S/C17H19N3O/c1-20(12-14-7-4-10-21-14)16(11-18)15-8-2-5-13-6-3-9-19-17(13)15/h2-10,16H,11-12,18H2,1H3. The van der Waals surface area contributed by atoms with Crippen LogP contribution in [0.3, 0.4) is 0 Å². The fourth-order valence-electron chi connectivity index (χ4n) is 2.70. The Kier molecular flexibility index (Phi) is 3.99. The van der Waals surface area contributed by atoms with Gasteiger partial charge in [-0.15, -0.1) is 0 Å². The largest absolute Gasteiger partial charge is 0.468 e. The molecule has 4 heteroatoms. The van der Waals surface area contributed by atoms with Crippen molar-refractivity contribution in [2.24, 2.45) is 5.73 Å². The minimum atomic E-state index is 0.105. The van der Waals surface area contributed by atoms with Crippen LogP contribution in [-0.2, 0) is 6.54 Å². The van der Waals surface area contributed by atoms with Crippen LogP contribution in [0.25, 0.3) is 10.9 Å². The normalized spacial score (nSPS) is 12.9. The van der Waals surface area contributed by atoms with E-state index in [9.17, 15) is 0 Å². The van der Waals surface area contributed by atoms with Crippen LogP contribution in [0.4, 0.5) is 0 Å². The third kappa shape index (κ3) is 2.82. The van der Waals surface area contributed by atoms with Crippen LogP contribution in [-0.4, -0.2) is 23.5 Å². The Balaban J connectivity index is 1.94. The summed E-state index contributed by atoms with van der Waals surface area (Å²) in [5.41, 5.74) is 8.20. The zero-order valence-electron chi connectivity index (χ0n) is 12.1. The van der Waals surface area contributed by atoms with Crippen molar-refractivity contribution in [3.63, 3.8) is 0 Å². The highest BCUT2D eigenvalue weighted by molar-refractivity contribution is 5.82. The van der Waals surface area contributed by atoms with Gasteiger partial charge in [-0.3, -0.25) is 9.88 Å². The van der Waals surface area contributed by atoms with Crippen LogP contribution >= 0.6 is 0 Å². The van der Waals surface area contributed by atoms with Gasteiger partial charge in [0, 0.05) is 24.2 Å². The molecule has 0 aliphatic rings. The van der Waals surface area contributed by atoms with Gasteiger partial charge in [-0.05, 0) is 30.8 Å². The van der Waals surface area contributed by atoms with E-state index in [0.29, 0.717) is 6.54 Å². The number of para-hydroxylation sites is 1. The molecule has 0 saturated carbocycles. The maximum atomic E-state index is 6.03. The van der Waals surface area contributed by atoms with Gasteiger partial charge in [0.2, 0.25) is 0 Å². The predicted octanol–water partition coefficient (Wildman–Crippen LogP) is 2.96. The van der Waals surface area contributed by atoms with Gasteiger partial charge >= 0.3 is 0 Å². The number of rotatable bonds is 5. The average molecular weight is 281 g/mol. The van der Waals surface area contributed by atoms with Gasteiger partial charge in [0.15, 0.2) is 0 Å². The fourth-order valence-corrected chi connectivity index (χ4v) is 2.70. The van der Waals surface area contributed by atoms with Crippen LogP contribution in [0.2, 0.25) is 0 Å². The Labute approximate surface area is 124 Å². The smallest absolute Gasteiger partial charge is 0.117 e. The molecule has 1 atom stereocenters. The first-order valence-corrected chi connectivity index (χ1v) is 7.06. The highest BCUT2D eigenvalue weighted by Gasteiger charge is 2.19. The van der Waals surface area contributed by atoms with Gasteiger partial charge in [0.1, 0.15) is 5.76 Å². The van der Waals surface area contributed by atoms with E-state index < -0.39 is 0 Å². The Bertz CT molecular complexity index is 704. The molecule has 3 aromatic rings. The number of nitrogens with two attached hydrogens (primary N) is 1. The van der Waals surface area contributed by atoms with E-state index in [1.165, 1.54) is 0 Å². The molecule has 2 aromatic heterocycles. The molecular weight excluding hydrogens is 262 g/mol. The monoisotopic (exact) mass is 281 g/mol. The molecule has 2 heterocycles. The highest BCUT2D eigenvalue weighted by atomic mass is 16.3. The van der Waals surface area contributed by atoms with E-state index >= 15 is 0 Å². The first kappa shape index (κ1) is 13.8. The van der Waals surface area contributed by atoms with Crippen LogP contribution < -0.4 is 5.73 Å². The number of aromatic nitrogens is 1.